The lowest BCUT2D eigenvalue weighted by molar-refractivity contribution is 0.584. The van der Waals surface area contributed by atoms with E-state index >= 15 is 0 Å². The van der Waals surface area contributed by atoms with Crippen LogP contribution < -0.4 is 9.80 Å². The summed E-state index contributed by atoms with van der Waals surface area (Å²) in [5.74, 6) is 1.56. The van der Waals surface area contributed by atoms with Crippen molar-refractivity contribution in [1.29, 1.82) is 5.26 Å². The van der Waals surface area contributed by atoms with Gasteiger partial charge in [-0.25, -0.2) is 15.0 Å². The highest BCUT2D eigenvalue weighted by Crippen LogP contribution is 2.28. The van der Waals surface area contributed by atoms with Gasteiger partial charge in [-0.15, -0.1) is 0 Å². The van der Waals surface area contributed by atoms with Gasteiger partial charge >= 0.3 is 0 Å². The lowest BCUT2D eigenvalue weighted by Crippen LogP contribution is -2.28. The van der Waals surface area contributed by atoms with Gasteiger partial charge in [-0.3, -0.25) is 0 Å². The van der Waals surface area contributed by atoms with E-state index in [-0.39, 0.29) is 0 Å². The van der Waals surface area contributed by atoms with Gasteiger partial charge < -0.3 is 14.8 Å². The lowest BCUT2D eigenvalue weighted by Gasteiger charge is -2.24. The second kappa shape index (κ2) is 6.40. The molecule has 0 saturated carbocycles. The standard InChI is InChI=1S/C18H19N7/c1-24(15-2-5-20-14(8-15)9-19)10-13-4-7-25(11-13)18-16-3-6-21-17(16)22-12-23-18/h2-3,5-6,8,12-13H,4,7,10-11H2,1H3,(H,21,22,23)/t13-/m0/s1. The van der Waals surface area contributed by atoms with Gasteiger partial charge in [-0.2, -0.15) is 5.26 Å². The molecular weight excluding hydrogens is 314 g/mol. The maximum Gasteiger partial charge on any atom is 0.142 e. The minimum absolute atomic E-state index is 0.452. The number of nitriles is 1. The molecule has 1 N–H and O–H groups in total. The molecule has 1 saturated heterocycles. The van der Waals surface area contributed by atoms with Crippen LogP contribution in [0.2, 0.25) is 0 Å². The summed E-state index contributed by atoms with van der Waals surface area (Å²) < 4.78 is 0. The molecule has 0 spiro atoms. The predicted molar refractivity (Wildman–Crippen MR) is 96.4 cm³/mol. The molecule has 1 atom stereocenters. The van der Waals surface area contributed by atoms with Crippen LogP contribution in [-0.4, -0.2) is 46.6 Å². The third-order valence-electron chi connectivity index (χ3n) is 4.75. The number of hydrogen-bond acceptors (Lipinski definition) is 6. The van der Waals surface area contributed by atoms with Crippen LogP contribution in [0, 0.1) is 17.2 Å². The van der Waals surface area contributed by atoms with E-state index < -0.39 is 0 Å². The Bertz CT molecular complexity index is 926. The minimum Gasteiger partial charge on any atom is -0.374 e. The van der Waals surface area contributed by atoms with Gasteiger partial charge in [0.2, 0.25) is 0 Å². The minimum atomic E-state index is 0.452. The summed E-state index contributed by atoms with van der Waals surface area (Å²) in [5, 5.41) is 10.1. The summed E-state index contributed by atoms with van der Waals surface area (Å²) in [6.45, 7) is 2.90. The zero-order chi connectivity index (χ0) is 17.2. The van der Waals surface area contributed by atoms with Gasteiger partial charge in [0, 0.05) is 44.8 Å². The fraction of sp³-hybridized carbons (Fsp3) is 0.333. The van der Waals surface area contributed by atoms with Crippen molar-refractivity contribution in [1.82, 2.24) is 19.9 Å². The van der Waals surface area contributed by atoms with E-state index in [0.29, 0.717) is 11.6 Å². The second-order valence-electron chi connectivity index (χ2n) is 6.43. The number of nitrogens with zero attached hydrogens (tertiary/aromatic N) is 6. The number of H-pyrrole nitrogens is 1. The van der Waals surface area contributed by atoms with E-state index in [1.807, 2.05) is 24.4 Å². The molecule has 0 aliphatic carbocycles. The highest BCUT2D eigenvalue weighted by molar-refractivity contribution is 5.87. The summed E-state index contributed by atoms with van der Waals surface area (Å²) in [7, 11) is 2.06. The molecule has 1 aliphatic rings. The number of fused-ring (bicyclic) bond motifs is 1. The zero-order valence-corrected chi connectivity index (χ0v) is 14.1. The van der Waals surface area contributed by atoms with Crippen LogP contribution in [0.5, 0.6) is 0 Å². The molecule has 25 heavy (non-hydrogen) atoms. The Morgan fingerprint density at radius 3 is 3.16 bits per heavy atom. The Labute approximate surface area is 145 Å². The van der Waals surface area contributed by atoms with Gasteiger partial charge in [0.1, 0.15) is 29.6 Å². The number of nitrogens with one attached hydrogen (secondary N) is 1. The van der Waals surface area contributed by atoms with Gasteiger partial charge in [-0.1, -0.05) is 0 Å². The van der Waals surface area contributed by atoms with Crippen molar-refractivity contribution >= 4 is 22.5 Å². The van der Waals surface area contributed by atoms with Crippen molar-refractivity contribution in [2.45, 2.75) is 6.42 Å². The van der Waals surface area contributed by atoms with E-state index in [1.165, 1.54) is 0 Å². The molecule has 1 fully saturated rings. The van der Waals surface area contributed by atoms with Crippen LogP contribution in [0.15, 0.2) is 36.9 Å². The third kappa shape index (κ3) is 2.98. The fourth-order valence-corrected chi connectivity index (χ4v) is 3.50. The van der Waals surface area contributed by atoms with Crippen LogP contribution in [-0.2, 0) is 0 Å². The van der Waals surface area contributed by atoms with Crippen LogP contribution in [0.1, 0.15) is 12.1 Å². The first-order valence-electron chi connectivity index (χ1n) is 8.35. The quantitative estimate of drug-likeness (QED) is 0.788. The molecule has 0 amide bonds. The number of aromatic amines is 1. The molecule has 126 valence electrons. The van der Waals surface area contributed by atoms with E-state index in [9.17, 15) is 0 Å². The maximum atomic E-state index is 9.01. The van der Waals surface area contributed by atoms with E-state index in [2.05, 4.69) is 42.9 Å². The summed E-state index contributed by atoms with van der Waals surface area (Å²) >= 11 is 0. The van der Waals surface area contributed by atoms with Gasteiger partial charge in [0.25, 0.3) is 0 Å². The van der Waals surface area contributed by atoms with E-state index in [0.717, 1.165) is 48.6 Å². The molecule has 4 rings (SSSR count). The fourth-order valence-electron chi connectivity index (χ4n) is 3.50. The van der Waals surface area contributed by atoms with Crippen LogP contribution >= 0.6 is 0 Å². The highest BCUT2D eigenvalue weighted by Gasteiger charge is 2.26. The lowest BCUT2D eigenvalue weighted by atomic mass is 10.1. The van der Waals surface area contributed by atoms with Crippen molar-refractivity contribution in [3.8, 4) is 6.07 Å². The first-order chi connectivity index (χ1) is 12.2. The van der Waals surface area contributed by atoms with Crippen molar-refractivity contribution in [2.24, 2.45) is 5.92 Å². The summed E-state index contributed by atoms with van der Waals surface area (Å²) in [6.07, 6.45) is 6.33. The SMILES string of the molecule is CN(C[C@@H]1CCN(c2ncnc3[nH]ccc23)C1)c1ccnc(C#N)c1. The number of hydrogen-bond donors (Lipinski definition) is 1. The highest BCUT2D eigenvalue weighted by atomic mass is 15.2. The second-order valence-corrected chi connectivity index (χ2v) is 6.43. The van der Waals surface area contributed by atoms with Crippen molar-refractivity contribution in [3.63, 3.8) is 0 Å². The topological polar surface area (TPSA) is 84.7 Å². The third-order valence-corrected chi connectivity index (χ3v) is 4.75. The van der Waals surface area contributed by atoms with E-state index in [4.69, 9.17) is 5.26 Å². The molecule has 3 aromatic heterocycles. The Morgan fingerprint density at radius 1 is 1.36 bits per heavy atom. The molecule has 4 heterocycles. The Morgan fingerprint density at radius 2 is 2.28 bits per heavy atom. The van der Waals surface area contributed by atoms with E-state index in [1.54, 1.807) is 12.5 Å². The number of pyridine rings is 1. The molecule has 3 aromatic rings. The van der Waals surface area contributed by atoms with Gasteiger partial charge in [0.15, 0.2) is 0 Å². The monoisotopic (exact) mass is 333 g/mol. The Hall–Kier alpha value is -3.14. The van der Waals surface area contributed by atoms with Crippen LogP contribution in [0.4, 0.5) is 11.5 Å². The number of rotatable bonds is 4. The number of anilines is 2. The average molecular weight is 333 g/mol. The number of aromatic nitrogens is 4. The molecule has 7 nitrogen and oxygen atoms in total. The van der Waals surface area contributed by atoms with Crippen molar-refractivity contribution in [2.75, 3.05) is 36.5 Å². The normalized spacial score (nSPS) is 17.0. The smallest absolute Gasteiger partial charge is 0.142 e. The van der Waals surface area contributed by atoms with Gasteiger partial charge in [-0.05, 0) is 30.5 Å². The molecule has 7 heteroatoms. The maximum absolute atomic E-state index is 9.01. The average Bonchev–Trinajstić information content (AvgIpc) is 3.30. The first kappa shape index (κ1) is 15.4. The Kier molecular flexibility index (Phi) is 3.94. The summed E-state index contributed by atoms with van der Waals surface area (Å²) in [4.78, 5) is 20.5. The first-order valence-corrected chi connectivity index (χ1v) is 8.35. The van der Waals surface area contributed by atoms with Gasteiger partial charge in [0.05, 0.1) is 5.39 Å². The molecule has 0 radical (unpaired) electrons. The van der Waals surface area contributed by atoms with Crippen molar-refractivity contribution < 1.29 is 0 Å². The zero-order valence-electron chi connectivity index (χ0n) is 14.1. The van der Waals surface area contributed by atoms with Crippen molar-refractivity contribution in [3.05, 3.63) is 42.6 Å². The summed E-state index contributed by atoms with van der Waals surface area (Å²) in [5.41, 5.74) is 2.36. The van der Waals surface area contributed by atoms with Crippen LogP contribution in [0.3, 0.4) is 0 Å². The predicted octanol–water partition coefficient (Wildman–Crippen LogP) is 2.19. The molecule has 0 aromatic carbocycles. The Balaban J connectivity index is 1.46. The largest absolute Gasteiger partial charge is 0.374 e. The summed E-state index contributed by atoms with van der Waals surface area (Å²) in [6, 6.07) is 7.91. The van der Waals surface area contributed by atoms with Crippen LogP contribution in [0.25, 0.3) is 11.0 Å². The molecule has 0 unspecified atom stereocenters. The molecular formula is C18H19N7. The molecule has 0 bridgehead atoms. The molecule has 1 aliphatic heterocycles.